The van der Waals surface area contributed by atoms with Crippen LogP contribution < -0.4 is 0 Å². The van der Waals surface area contributed by atoms with Gasteiger partial charge in [-0.3, -0.25) is 4.79 Å². The maximum absolute atomic E-state index is 11.1. The smallest absolute Gasteiger partial charge is 0.313 e. The second-order valence-corrected chi connectivity index (χ2v) is 3.07. The van der Waals surface area contributed by atoms with Crippen LogP contribution in [0.25, 0.3) is 0 Å². The van der Waals surface area contributed by atoms with E-state index >= 15 is 0 Å². The van der Waals surface area contributed by atoms with E-state index in [1.165, 1.54) is 12.4 Å². The number of hydrogen-bond acceptors (Lipinski definition) is 5. The molecule has 0 spiro atoms. The third-order valence-electron chi connectivity index (χ3n) is 1.36. The van der Waals surface area contributed by atoms with Gasteiger partial charge >= 0.3 is 5.97 Å². The molecule has 0 aliphatic heterocycles. The molecule has 1 heterocycles. The molecule has 0 fully saturated rings. The lowest BCUT2D eigenvalue weighted by Gasteiger charge is -2.06. The Labute approximate surface area is 81.8 Å². The van der Waals surface area contributed by atoms with E-state index in [1.807, 2.05) is 0 Å². The highest BCUT2D eigenvalue weighted by Gasteiger charge is 2.08. The van der Waals surface area contributed by atoms with Gasteiger partial charge in [-0.2, -0.15) is 0 Å². The minimum atomic E-state index is -0.370. The van der Waals surface area contributed by atoms with Crippen LogP contribution in [0.15, 0.2) is 12.4 Å². The molecule has 0 aliphatic carbocycles. The number of esters is 1. The maximum Gasteiger partial charge on any atom is 0.313 e. The van der Waals surface area contributed by atoms with Crippen molar-refractivity contribution in [2.75, 3.05) is 0 Å². The van der Waals surface area contributed by atoms with E-state index < -0.39 is 0 Å². The molecule has 0 bridgehead atoms. The summed E-state index contributed by atoms with van der Waals surface area (Å²) in [4.78, 5) is 18.7. The zero-order valence-electron chi connectivity index (χ0n) is 8.10. The Morgan fingerprint density at radius 2 is 2.07 bits per heavy atom. The molecule has 5 heteroatoms. The molecular weight excluding hydrogens is 184 g/mol. The summed E-state index contributed by atoms with van der Waals surface area (Å²) in [6.07, 6.45) is 2.37. The fourth-order valence-corrected chi connectivity index (χ4v) is 0.873. The van der Waals surface area contributed by atoms with Crippen LogP contribution in [-0.4, -0.2) is 27.1 Å². The zero-order chi connectivity index (χ0) is 10.6. The number of nitrogens with zero attached hydrogens (tertiary/aromatic N) is 2. The first-order valence-corrected chi connectivity index (χ1v) is 4.27. The first-order valence-electron chi connectivity index (χ1n) is 4.27. The van der Waals surface area contributed by atoms with Gasteiger partial charge in [-0.15, -0.1) is 0 Å². The van der Waals surface area contributed by atoms with Crippen LogP contribution in [-0.2, 0) is 16.0 Å². The quantitative estimate of drug-likeness (QED) is 0.719. The molecule has 0 amide bonds. The van der Waals surface area contributed by atoms with Crippen molar-refractivity contribution in [2.24, 2.45) is 0 Å². The number of ether oxygens (including phenoxy) is 1. The molecule has 1 aromatic heterocycles. The van der Waals surface area contributed by atoms with Crippen molar-refractivity contribution in [3.63, 3.8) is 0 Å². The number of aromatic nitrogens is 2. The molecule has 0 aromatic carbocycles. The summed E-state index contributed by atoms with van der Waals surface area (Å²) in [5.41, 5.74) is 0. The topological polar surface area (TPSA) is 72.3 Å². The van der Waals surface area contributed by atoms with Crippen molar-refractivity contribution in [2.45, 2.75) is 26.4 Å². The predicted octanol–water partition coefficient (Wildman–Crippen LogP) is 0.676. The second-order valence-electron chi connectivity index (χ2n) is 3.07. The summed E-state index contributed by atoms with van der Waals surface area (Å²) in [5.74, 6) is -0.0508. The van der Waals surface area contributed by atoms with Gasteiger partial charge in [0.15, 0.2) is 5.75 Å². The molecule has 14 heavy (non-hydrogen) atoms. The minimum absolute atomic E-state index is 0.0222. The monoisotopic (exact) mass is 196 g/mol. The minimum Gasteiger partial charge on any atom is -0.505 e. The van der Waals surface area contributed by atoms with Gasteiger partial charge in [0.25, 0.3) is 0 Å². The van der Waals surface area contributed by atoms with Gasteiger partial charge in [-0.25, -0.2) is 9.97 Å². The van der Waals surface area contributed by atoms with Crippen LogP contribution in [0.1, 0.15) is 19.7 Å². The first kappa shape index (κ1) is 10.4. The van der Waals surface area contributed by atoms with Crippen LogP contribution in [0, 0.1) is 0 Å². The Morgan fingerprint density at radius 3 is 2.57 bits per heavy atom. The summed E-state index contributed by atoms with van der Waals surface area (Å²) in [6, 6.07) is 0. The highest BCUT2D eigenvalue weighted by atomic mass is 16.5. The molecule has 0 saturated carbocycles. The Balaban J connectivity index is 2.52. The van der Waals surface area contributed by atoms with Crippen molar-refractivity contribution in [1.82, 2.24) is 9.97 Å². The molecule has 76 valence electrons. The van der Waals surface area contributed by atoms with Crippen LogP contribution in [0.3, 0.4) is 0 Å². The summed E-state index contributed by atoms with van der Waals surface area (Å²) in [6.45, 7) is 3.55. The van der Waals surface area contributed by atoms with Gasteiger partial charge in [0.2, 0.25) is 0 Å². The third kappa shape index (κ3) is 3.38. The zero-order valence-corrected chi connectivity index (χ0v) is 8.10. The van der Waals surface area contributed by atoms with Crippen LogP contribution >= 0.6 is 0 Å². The largest absolute Gasteiger partial charge is 0.505 e. The van der Waals surface area contributed by atoms with E-state index in [-0.39, 0.29) is 24.2 Å². The Bertz CT molecular complexity index is 308. The van der Waals surface area contributed by atoms with Crippen LogP contribution in [0.2, 0.25) is 0 Å². The second kappa shape index (κ2) is 4.55. The molecule has 0 unspecified atom stereocenters. The van der Waals surface area contributed by atoms with Gasteiger partial charge in [-0.05, 0) is 13.8 Å². The summed E-state index contributed by atoms with van der Waals surface area (Å²) >= 11 is 0. The average Bonchev–Trinajstić information content (AvgIpc) is 2.07. The van der Waals surface area contributed by atoms with Gasteiger partial charge in [-0.1, -0.05) is 0 Å². The molecule has 0 radical (unpaired) electrons. The number of carbonyl (C=O) groups excluding carboxylic acids is 1. The SMILES string of the molecule is CC(C)OC(=O)Cc1ncc(O)cn1. The number of carbonyl (C=O) groups is 1. The average molecular weight is 196 g/mol. The van der Waals surface area contributed by atoms with E-state index in [1.54, 1.807) is 13.8 Å². The maximum atomic E-state index is 11.1. The molecule has 1 aromatic rings. The first-order chi connectivity index (χ1) is 6.58. The van der Waals surface area contributed by atoms with E-state index in [0.717, 1.165) is 0 Å². The van der Waals surface area contributed by atoms with Crippen molar-refractivity contribution in [1.29, 1.82) is 0 Å². The third-order valence-corrected chi connectivity index (χ3v) is 1.36. The highest BCUT2D eigenvalue weighted by Crippen LogP contribution is 2.03. The Kier molecular flexibility index (Phi) is 3.39. The lowest BCUT2D eigenvalue weighted by molar-refractivity contribution is -0.146. The predicted molar refractivity (Wildman–Crippen MR) is 48.6 cm³/mol. The van der Waals surface area contributed by atoms with Crippen molar-refractivity contribution >= 4 is 5.97 Å². The standard InChI is InChI=1S/C9H12N2O3/c1-6(2)14-9(13)3-8-10-4-7(12)5-11-8/h4-6,12H,3H2,1-2H3. The Hall–Kier alpha value is -1.65. The molecule has 5 nitrogen and oxygen atoms in total. The molecular formula is C9H12N2O3. The summed E-state index contributed by atoms with van der Waals surface area (Å²) in [7, 11) is 0. The number of aromatic hydroxyl groups is 1. The normalized spacial score (nSPS) is 10.2. The van der Waals surface area contributed by atoms with Gasteiger partial charge in [0.1, 0.15) is 12.2 Å². The fraction of sp³-hybridized carbons (Fsp3) is 0.444. The van der Waals surface area contributed by atoms with Gasteiger partial charge in [0, 0.05) is 0 Å². The number of rotatable bonds is 3. The van der Waals surface area contributed by atoms with Crippen molar-refractivity contribution < 1.29 is 14.6 Å². The lowest BCUT2D eigenvalue weighted by atomic mass is 10.4. The highest BCUT2D eigenvalue weighted by molar-refractivity contribution is 5.71. The van der Waals surface area contributed by atoms with E-state index in [0.29, 0.717) is 5.82 Å². The van der Waals surface area contributed by atoms with Gasteiger partial charge < -0.3 is 9.84 Å². The van der Waals surface area contributed by atoms with Crippen LogP contribution in [0.5, 0.6) is 5.75 Å². The fourth-order valence-electron chi connectivity index (χ4n) is 0.873. The van der Waals surface area contributed by atoms with Crippen LogP contribution in [0.4, 0.5) is 0 Å². The molecule has 0 saturated heterocycles. The van der Waals surface area contributed by atoms with E-state index in [9.17, 15) is 4.79 Å². The Morgan fingerprint density at radius 1 is 1.50 bits per heavy atom. The number of hydrogen-bond donors (Lipinski definition) is 1. The molecule has 0 aliphatic rings. The lowest BCUT2D eigenvalue weighted by Crippen LogP contribution is -2.14. The molecule has 1 rings (SSSR count). The van der Waals surface area contributed by atoms with Crippen molar-refractivity contribution in [3.05, 3.63) is 18.2 Å². The van der Waals surface area contributed by atoms with E-state index in [2.05, 4.69) is 9.97 Å². The summed E-state index contributed by atoms with van der Waals surface area (Å²) in [5, 5.41) is 8.90. The van der Waals surface area contributed by atoms with E-state index in [4.69, 9.17) is 9.84 Å². The van der Waals surface area contributed by atoms with Gasteiger partial charge in [0.05, 0.1) is 18.5 Å². The molecule has 1 N–H and O–H groups in total. The van der Waals surface area contributed by atoms with Crippen molar-refractivity contribution in [3.8, 4) is 5.75 Å². The summed E-state index contributed by atoms with van der Waals surface area (Å²) < 4.78 is 4.90. The molecule has 0 atom stereocenters.